The molecular weight excluding hydrogens is 410 g/mol. The molecular formula is C24H21N3O5. The molecule has 32 heavy (non-hydrogen) atoms. The van der Waals surface area contributed by atoms with Gasteiger partial charge in [-0.3, -0.25) is 4.79 Å². The van der Waals surface area contributed by atoms with Gasteiger partial charge in [0.1, 0.15) is 17.2 Å². The molecule has 0 unspecified atom stereocenters. The minimum atomic E-state index is -0.294. The summed E-state index contributed by atoms with van der Waals surface area (Å²) in [5.41, 5.74) is 2.03. The smallest absolute Gasteiger partial charge is 0.262 e. The van der Waals surface area contributed by atoms with Crippen LogP contribution in [0.4, 0.5) is 5.69 Å². The van der Waals surface area contributed by atoms with Crippen molar-refractivity contribution >= 4 is 11.6 Å². The average Bonchev–Trinajstić information content (AvgIpc) is 3.33. The van der Waals surface area contributed by atoms with E-state index >= 15 is 0 Å². The predicted molar refractivity (Wildman–Crippen MR) is 119 cm³/mol. The molecule has 0 saturated carbocycles. The highest BCUT2D eigenvalue weighted by molar-refractivity contribution is 5.92. The molecule has 4 rings (SSSR count). The molecule has 1 amide bonds. The summed E-state index contributed by atoms with van der Waals surface area (Å²) < 4.78 is 21.4. The van der Waals surface area contributed by atoms with Gasteiger partial charge in [0.05, 0.1) is 19.8 Å². The van der Waals surface area contributed by atoms with Crippen molar-refractivity contribution < 1.29 is 23.5 Å². The molecule has 162 valence electrons. The SMILES string of the molecule is COc1ccc(NC(=O)COc2ccccc2-c2noc(-c3ccc(OC)cc3)n2)cc1. The van der Waals surface area contributed by atoms with Gasteiger partial charge in [0.15, 0.2) is 6.61 Å². The number of methoxy groups -OCH3 is 2. The monoisotopic (exact) mass is 431 g/mol. The lowest BCUT2D eigenvalue weighted by Crippen LogP contribution is -2.20. The maximum Gasteiger partial charge on any atom is 0.262 e. The van der Waals surface area contributed by atoms with Crippen molar-refractivity contribution in [1.82, 2.24) is 10.1 Å². The summed E-state index contributed by atoms with van der Waals surface area (Å²) in [7, 11) is 3.19. The fourth-order valence-electron chi connectivity index (χ4n) is 2.98. The van der Waals surface area contributed by atoms with Crippen molar-refractivity contribution in [2.24, 2.45) is 0 Å². The van der Waals surface area contributed by atoms with Gasteiger partial charge >= 0.3 is 0 Å². The predicted octanol–water partition coefficient (Wildman–Crippen LogP) is 4.44. The number of rotatable bonds is 8. The lowest BCUT2D eigenvalue weighted by molar-refractivity contribution is -0.118. The van der Waals surface area contributed by atoms with Crippen LogP contribution >= 0.6 is 0 Å². The number of nitrogens with zero attached hydrogens (tertiary/aromatic N) is 2. The summed E-state index contributed by atoms with van der Waals surface area (Å²) in [4.78, 5) is 16.8. The Morgan fingerprint density at radius 3 is 2.25 bits per heavy atom. The van der Waals surface area contributed by atoms with Gasteiger partial charge in [-0.25, -0.2) is 0 Å². The average molecular weight is 431 g/mol. The van der Waals surface area contributed by atoms with Gasteiger partial charge in [-0.15, -0.1) is 0 Å². The summed E-state index contributed by atoms with van der Waals surface area (Å²) >= 11 is 0. The molecule has 0 aliphatic heterocycles. The van der Waals surface area contributed by atoms with Crippen LogP contribution in [-0.2, 0) is 4.79 Å². The number of para-hydroxylation sites is 1. The Bertz CT molecular complexity index is 1190. The number of hydrogen-bond donors (Lipinski definition) is 1. The summed E-state index contributed by atoms with van der Waals surface area (Å²) in [5, 5.41) is 6.85. The van der Waals surface area contributed by atoms with Gasteiger partial charge < -0.3 is 24.1 Å². The van der Waals surface area contributed by atoms with E-state index in [1.54, 1.807) is 50.6 Å². The van der Waals surface area contributed by atoms with E-state index in [-0.39, 0.29) is 12.5 Å². The first-order chi connectivity index (χ1) is 15.7. The van der Waals surface area contributed by atoms with E-state index < -0.39 is 0 Å². The van der Waals surface area contributed by atoms with Crippen LogP contribution in [0.2, 0.25) is 0 Å². The topological polar surface area (TPSA) is 95.7 Å². The molecule has 0 saturated heterocycles. The van der Waals surface area contributed by atoms with E-state index in [1.807, 2.05) is 36.4 Å². The molecule has 1 aromatic heterocycles. The largest absolute Gasteiger partial charge is 0.497 e. The van der Waals surface area contributed by atoms with Gasteiger partial charge in [-0.1, -0.05) is 17.3 Å². The molecule has 0 fully saturated rings. The summed E-state index contributed by atoms with van der Waals surface area (Å²) in [6.45, 7) is -0.174. The molecule has 0 aliphatic rings. The standard InChI is InChI=1S/C24H21N3O5/c1-29-18-11-7-16(8-12-18)24-26-23(27-32-24)20-5-3-4-6-21(20)31-15-22(28)25-17-9-13-19(30-2)14-10-17/h3-14H,15H2,1-2H3,(H,25,28). The Morgan fingerprint density at radius 1 is 0.906 bits per heavy atom. The van der Waals surface area contributed by atoms with Gasteiger partial charge in [-0.05, 0) is 60.7 Å². The van der Waals surface area contributed by atoms with E-state index in [4.69, 9.17) is 18.7 Å². The Labute approximate surface area is 184 Å². The summed E-state index contributed by atoms with van der Waals surface area (Å²) in [5.74, 6) is 2.36. The van der Waals surface area contributed by atoms with Crippen molar-refractivity contribution in [3.63, 3.8) is 0 Å². The van der Waals surface area contributed by atoms with Crippen LogP contribution in [0.25, 0.3) is 22.8 Å². The van der Waals surface area contributed by atoms with Gasteiger partial charge in [0, 0.05) is 11.3 Å². The Hall–Kier alpha value is -4.33. The number of benzene rings is 3. The van der Waals surface area contributed by atoms with Crippen molar-refractivity contribution in [3.8, 4) is 40.1 Å². The second-order valence-corrected chi connectivity index (χ2v) is 6.71. The second-order valence-electron chi connectivity index (χ2n) is 6.71. The highest BCUT2D eigenvalue weighted by Crippen LogP contribution is 2.30. The molecule has 4 aromatic rings. The van der Waals surface area contributed by atoms with E-state index in [0.717, 1.165) is 11.3 Å². The minimum absolute atomic E-state index is 0.174. The molecule has 0 aliphatic carbocycles. The molecule has 3 aromatic carbocycles. The van der Waals surface area contributed by atoms with E-state index in [9.17, 15) is 4.79 Å². The van der Waals surface area contributed by atoms with E-state index in [0.29, 0.717) is 34.5 Å². The molecule has 0 bridgehead atoms. The molecule has 1 heterocycles. The van der Waals surface area contributed by atoms with Gasteiger partial charge in [0.25, 0.3) is 11.8 Å². The number of amides is 1. The number of carbonyl (C=O) groups is 1. The highest BCUT2D eigenvalue weighted by Gasteiger charge is 2.15. The lowest BCUT2D eigenvalue weighted by atomic mass is 10.2. The van der Waals surface area contributed by atoms with Crippen LogP contribution in [0.3, 0.4) is 0 Å². The minimum Gasteiger partial charge on any atom is -0.497 e. The van der Waals surface area contributed by atoms with Crippen molar-refractivity contribution in [3.05, 3.63) is 72.8 Å². The third kappa shape index (κ3) is 4.86. The zero-order chi connectivity index (χ0) is 22.3. The van der Waals surface area contributed by atoms with Gasteiger partial charge in [0.2, 0.25) is 5.82 Å². The number of anilines is 1. The number of hydrogen-bond acceptors (Lipinski definition) is 7. The van der Waals surface area contributed by atoms with Crippen LogP contribution in [0.1, 0.15) is 0 Å². The van der Waals surface area contributed by atoms with Crippen LogP contribution in [-0.4, -0.2) is 36.9 Å². The third-order valence-corrected chi connectivity index (χ3v) is 4.62. The first-order valence-corrected chi connectivity index (χ1v) is 9.80. The quantitative estimate of drug-likeness (QED) is 0.441. The first kappa shape index (κ1) is 20.9. The van der Waals surface area contributed by atoms with Crippen molar-refractivity contribution in [2.75, 3.05) is 26.1 Å². The highest BCUT2D eigenvalue weighted by atomic mass is 16.5. The number of nitrogens with one attached hydrogen (secondary N) is 1. The molecule has 0 atom stereocenters. The zero-order valence-electron chi connectivity index (χ0n) is 17.6. The third-order valence-electron chi connectivity index (χ3n) is 4.62. The lowest BCUT2D eigenvalue weighted by Gasteiger charge is -2.10. The van der Waals surface area contributed by atoms with E-state index in [2.05, 4.69) is 15.5 Å². The second kappa shape index (κ2) is 9.65. The van der Waals surface area contributed by atoms with Crippen LogP contribution in [0, 0.1) is 0 Å². The Kier molecular flexibility index (Phi) is 6.31. The van der Waals surface area contributed by atoms with Gasteiger partial charge in [-0.2, -0.15) is 4.98 Å². The Morgan fingerprint density at radius 2 is 1.56 bits per heavy atom. The molecule has 1 N–H and O–H groups in total. The summed E-state index contributed by atoms with van der Waals surface area (Å²) in [6.07, 6.45) is 0. The molecule has 0 radical (unpaired) electrons. The van der Waals surface area contributed by atoms with Crippen LogP contribution < -0.4 is 19.5 Å². The fraction of sp³-hybridized carbons (Fsp3) is 0.125. The molecule has 0 spiro atoms. The number of aromatic nitrogens is 2. The molecule has 8 nitrogen and oxygen atoms in total. The Balaban J connectivity index is 1.44. The van der Waals surface area contributed by atoms with Crippen molar-refractivity contribution in [1.29, 1.82) is 0 Å². The fourth-order valence-corrected chi connectivity index (χ4v) is 2.98. The molecule has 8 heteroatoms. The maximum atomic E-state index is 12.3. The van der Waals surface area contributed by atoms with Crippen LogP contribution in [0.5, 0.6) is 17.2 Å². The zero-order valence-corrected chi connectivity index (χ0v) is 17.6. The number of ether oxygens (including phenoxy) is 3. The summed E-state index contributed by atoms with van der Waals surface area (Å²) in [6, 6.07) is 21.5. The van der Waals surface area contributed by atoms with Crippen LogP contribution in [0.15, 0.2) is 77.3 Å². The van der Waals surface area contributed by atoms with E-state index in [1.165, 1.54) is 0 Å². The van der Waals surface area contributed by atoms with Crippen molar-refractivity contribution in [2.45, 2.75) is 0 Å². The maximum absolute atomic E-state index is 12.3. The normalized spacial score (nSPS) is 10.4. The number of carbonyl (C=O) groups excluding carboxylic acids is 1. The first-order valence-electron chi connectivity index (χ1n) is 9.80.